The molecule has 0 fully saturated rings. The Labute approximate surface area is 109 Å². The number of benzene rings is 1. The normalized spacial score (nSPS) is 12.4. The molecule has 0 spiro atoms. The molecule has 0 atom stereocenters. The van der Waals surface area contributed by atoms with Gasteiger partial charge in [-0.1, -0.05) is 26.0 Å². The van der Waals surface area contributed by atoms with Crippen molar-refractivity contribution in [1.29, 1.82) is 0 Å². The molecule has 0 radical (unpaired) electrons. The highest BCUT2D eigenvalue weighted by Gasteiger charge is 2.21. The summed E-state index contributed by atoms with van der Waals surface area (Å²) in [6, 6.07) is 6.74. The van der Waals surface area contributed by atoms with Crippen molar-refractivity contribution in [3.05, 3.63) is 35.6 Å². The summed E-state index contributed by atoms with van der Waals surface area (Å²) >= 11 is 0. The van der Waals surface area contributed by atoms with E-state index in [1.807, 2.05) is 25.1 Å². The Bertz CT molecular complexity index is 425. The van der Waals surface area contributed by atoms with Crippen molar-refractivity contribution in [3.63, 3.8) is 0 Å². The molecular weight excluding hydrogens is 229 g/mol. The van der Waals surface area contributed by atoms with Gasteiger partial charge in [0.2, 0.25) is 0 Å². The summed E-state index contributed by atoms with van der Waals surface area (Å²) in [5, 5.41) is 3.28. The van der Waals surface area contributed by atoms with Crippen LogP contribution in [0.2, 0.25) is 0 Å². The fourth-order valence-electron chi connectivity index (χ4n) is 1.75. The first-order chi connectivity index (χ1) is 8.36. The molecule has 1 aromatic rings. The summed E-state index contributed by atoms with van der Waals surface area (Å²) in [6.45, 7) is 4.86. The maximum atomic E-state index is 13.2. The quantitative estimate of drug-likeness (QED) is 0.659. The van der Waals surface area contributed by atoms with Crippen LogP contribution < -0.4 is 5.32 Å². The molecule has 1 N–H and O–H groups in total. The Hall–Kier alpha value is -1.58. The lowest BCUT2D eigenvalue weighted by Gasteiger charge is -2.28. The van der Waals surface area contributed by atoms with Crippen LogP contribution in [0.3, 0.4) is 0 Å². The standard InChI is InChI=1S/C14H22FN3/c1-14(2,10-17-13(16-3)18(4)5)11-7-6-8-12(15)9-11/h6-9H,10H2,1-5H3,(H,16,17). The molecule has 0 aliphatic carbocycles. The van der Waals surface area contributed by atoms with Crippen molar-refractivity contribution >= 4 is 5.96 Å². The van der Waals surface area contributed by atoms with E-state index in [0.29, 0.717) is 6.54 Å². The van der Waals surface area contributed by atoms with E-state index >= 15 is 0 Å². The van der Waals surface area contributed by atoms with Gasteiger partial charge >= 0.3 is 0 Å². The Kier molecular flexibility index (Phi) is 4.70. The Morgan fingerprint density at radius 1 is 1.39 bits per heavy atom. The number of nitrogens with one attached hydrogen (secondary N) is 1. The summed E-state index contributed by atoms with van der Waals surface area (Å²) in [7, 11) is 5.62. The largest absolute Gasteiger partial charge is 0.355 e. The molecule has 3 nitrogen and oxygen atoms in total. The lowest BCUT2D eigenvalue weighted by Crippen LogP contribution is -2.42. The molecular formula is C14H22FN3. The van der Waals surface area contributed by atoms with Crippen molar-refractivity contribution < 1.29 is 4.39 Å². The van der Waals surface area contributed by atoms with E-state index in [1.165, 1.54) is 6.07 Å². The summed E-state index contributed by atoms with van der Waals surface area (Å²) in [6.07, 6.45) is 0. The van der Waals surface area contributed by atoms with Crippen molar-refractivity contribution in [2.24, 2.45) is 4.99 Å². The molecule has 0 unspecified atom stereocenters. The molecule has 100 valence electrons. The smallest absolute Gasteiger partial charge is 0.193 e. The first-order valence-corrected chi connectivity index (χ1v) is 6.01. The molecule has 0 aliphatic heterocycles. The van der Waals surface area contributed by atoms with Crippen LogP contribution in [0.5, 0.6) is 0 Å². The molecule has 0 bridgehead atoms. The molecule has 18 heavy (non-hydrogen) atoms. The van der Waals surface area contributed by atoms with Crippen LogP contribution in [-0.2, 0) is 5.41 Å². The summed E-state index contributed by atoms with van der Waals surface area (Å²) in [5.74, 6) is 0.622. The molecule has 0 aromatic heterocycles. The van der Waals surface area contributed by atoms with Crippen molar-refractivity contribution in [3.8, 4) is 0 Å². The summed E-state index contributed by atoms with van der Waals surface area (Å²) in [4.78, 5) is 6.08. The molecule has 0 saturated heterocycles. The van der Waals surface area contributed by atoms with Crippen LogP contribution in [0, 0.1) is 5.82 Å². The fraction of sp³-hybridized carbons (Fsp3) is 0.500. The van der Waals surface area contributed by atoms with Gasteiger partial charge in [-0.05, 0) is 17.7 Å². The zero-order valence-corrected chi connectivity index (χ0v) is 11.8. The number of guanidine groups is 1. The van der Waals surface area contributed by atoms with Gasteiger partial charge < -0.3 is 10.2 Å². The van der Waals surface area contributed by atoms with Crippen molar-refractivity contribution in [1.82, 2.24) is 10.2 Å². The van der Waals surface area contributed by atoms with Gasteiger partial charge in [-0.2, -0.15) is 0 Å². The SMILES string of the molecule is CN=C(NCC(C)(C)c1cccc(F)c1)N(C)C. The molecule has 0 heterocycles. The molecule has 0 aliphatic rings. The molecule has 1 rings (SSSR count). The van der Waals surface area contributed by atoms with E-state index in [9.17, 15) is 4.39 Å². The summed E-state index contributed by atoms with van der Waals surface area (Å²) < 4.78 is 13.2. The molecule has 4 heteroatoms. The van der Waals surface area contributed by atoms with Gasteiger partial charge in [0.15, 0.2) is 5.96 Å². The van der Waals surface area contributed by atoms with Crippen LogP contribution >= 0.6 is 0 Å². The van der Waals surface area contributed by atoms with Crippen molar-refractivity contribution in [2.75, 3.05) is 27.7 Å². The van der Waals surface area contributed by atoms with Gasteiger partial charge in [-0.3, -0.25) is 4.99 Å². The third-order valence-electron chi connectivity index (χ3n) is 2.93. The van der Waals surface area contributed by atoms with Crippen LogP contribution in [0.1, 0.15) is 19.4 Å². The number of rotatable bonds is 3. The molecule has 1 aromatic carbocycles. The van der Waals surface area contributed by atoms with Crippen LogP contribution in [0.15, 0.2) is 29.3 Å². The minimum absolute atomic E-state index is 0.159. The topological polar surface area (TPSA) is 27.6 Å². The minimum atomic E-state index is -0.197. The van der Waals surface area contributed by atoms with E-state index < -0.39 is 0 Å². The second-order valence-corrected chi connectivity index (χ2v) is 5.19. The van der Waals surface area contributed by atoms with Crippen molar-refractivity contribution in [2.45, 2.75) is 19.3 Å². The van der Waals surface area contributed by atoms with Crippen LogP contribution in [0.25, 0.3) is 0 Å². The van der Waals surface area contributed by atoms with Gasteiger partial charge in [0.05, 0.1) is 0 Å². The number of hydrogen-bond donors (Lipinski definition) is 1. The average Bonchev–Trinajstić information content (AvgIpc) is 2.29. The van der Waals surface area contributed by atoms with Gasteiger partial charge in [0.25, 0.3) is 0 Å². The first-order valence-electron chi connectivity index (χ1n) is 6.01. The predicted octanol–water partition coefficient (Wildman–Crippen LogP) is 2.24. The lowest BCUT2D eigenvalue weighted by atomic mass is 9.84. The highest BCUT2D eigenvalue weighted by Crippen LogP contribution is 2.22. The molecule has 0 saturated carbocycles. The molecule has 0 amide bonds. The second kappa shape index (κ2) is 5.85. The van der Waals surface area contributed by atoms with Gasteiger partial charge in [0, 0.05) is 33.1 Å². The Morgan fingerprint density at radius 2 is 2.06 bits per heavy atom. The van der Waals surface area contributed by atoms with Crippen LogP contribution in [-0.4, -0.2) is 38.5 Å². The number of nitrogens with zero attached hydrogens (tertiary/aromatic N) is 2. The fourth-order valence-corrected chi connectivity index (χ4v) is 1.75. The van der Waals surface area contributed by atoms with Crippen LogP contribution in [0.4, 0.5) is 4.39 Å². The lowest BCUT2D eigenvalue weighted by molar-refractivity contribution is 0.485. The minimum Gasteiger partial charge on any atom is -0.355 e. The Morgan fingerprint density at radius 3 is 2.56 bits per heavy atom. The maximum absolute atomic E-state index is 13.2. The van der Waals surface area contributed by atoms with Gasteiger partial charge in [-0.25, -0.2) is 4.39 Å². The first kappa shape index (κ1) is 14.5. The monoisotopic (exact) mass is 251 g/mol. The zero-order chi connectivity index (χ0) is 13.8. The van der Waals surface area contributed by atoms with E-state index in [1.54, 1.807) is 19.2 Å². The van der Waals surface area contributed by atoms with Gasteiger partial charge in [0.1, 0.15) is 5.82 Å². The van der Waals surface area contributed by atoms with E-state index in [-0.39, 0.29) is 11.2 Å². The third kappa shape index (κ3) is 3.72. The highest BCUT2D eigenvalue weighted by molar-refractivity contribution is 5.79. The Balaban J connectivity index is 2.76. The van der Waals surface area contributed by atoms with E-state index in [0.717, 1.165) is 11.5 Å². The zero-order valence-electron chi connectivity index (χ0n) is 11.8. The third-order valence-corrected chi connectivity index (χ3v) is 2.93. The summed E-state index contributed by atoms with van der Waals surface area (Å²) in [5.41, 5.74) is 0.817. The average molecular weight is 251 g/mol. The highest BCUT2D eigenvalue weighted by atomic mass is 19.1. The second-order valence-electron chi connectivity index (χ2n) is 5.19. The van der Waals surface area contributed by atoms with E-state index in [2.05, 4.69) is 24.2 Å². The number of hydrogen-bond acceptors (Lipinski definition) is 1. The van der Waals surface area contributed by atoms with Gasteiger partial charge in [-0.15, -0.1) is 0 Å². The maximum Gasteiger partial charge on any atom is 0.193 e. The predicted molar refractivity (Wildman–Crippen MR) is 74.5 cm³/mol. The number of halogens is 1. The number of aliphatic imine (C=N–C) groups is 1. The van der Waals surface area contributed by atoms with E-state index in [4.69, 9.17) is 0 Å².